The summed E-state index contributed by atoms with van der Waals surface area (Å²) in [6.07, 6.45) is 5.10. The van der Waals surface area contributed by atoms with Gasteiger partial charge in [-0.1, -0.05) is 18.2 Å². The lowest BCUT2D eigenvalue weighted by Gasteiger charge is -2.18. The van der Waals surface area contributed by atoms with E-state index in [1.165, 1.54) is 32.4 Å². The van der Waals surface area contributed by atoms with Gasteiger partial charge in [-0.25, -0.2) is 9.59 Å². The fraction of sp³-hybridized carbons (Fsp3) is 0.480. The second-order valence-electron chi connectivity index (χ2n) is 8.43. The van der Waals surface area contributed by atoms with Crippen LogP contribution in [0.25, 0.3) is 6.08 Å². The van der Waals surface area contributed by atoms with E-state index in [4.69, 9.17) is 28.4 Å². The Morgan fingerprint density at radius 1 is 1.09 bits per heavy atom. The minimum atomic E-state index is -0.927. The standard InChI is InChI=1S/C25H30O9/c1-15-8-6-10-18(26)22-20(33-25(2,3)34-22)11-7-9-16-17(23(27)30-5)12-13-19(31-14-29-4)21(16)24(28)32-15/h6-7,9-10,12-13,15,20,22H,8,11,14H2,1-5H3/b9-7+,10-6-/t15-,20-,22+/m0/s1. The molecule has 2 aliphatic heterocycles. The fourth-order valence-electron chi connectivity index (χ4n) is 3.84. The maximum atomic E-state index is 13.2. The Hall–Kier alpha value is -3.01. The molecule has 34 heavy (non-hydrogen) atoms. The molecule has 9 nitrogen and oxygen atoms in total. The van der Waals surface area contributed by atoms with Gasteiger partial charge >= 0.3 is 11.9 Å². The Labute approximate surface area is 198 Å². The van der Waals surface area contributed by atoms with Crippen LogP contribution in [0.5, 0.6) is 5.75 Å². The highest BCUT2D eigenvalue weighted by Crippen LogP contribution is 2.33. The molecule has 0 aliphatic carbocycles. The van der Waals surface area contributed by atoms with Crippen molar-refractivity contribution in [1.82, 2.24) is 0 Å². The van der Waals surface area contributed by atoms with Gasteiger partial charge in [0.15, 0.2) is 18.4 Å². The Morgan fingerprint density at radius 3 is 2.53 bits per heavy atom. The molecule has 0 bridgehead atoms. The van der Waals surface area contributed by atoms with Crippen molar-refractivity contribution >= 4 is 23.8 Å². The van der Waals surface area contributed by atoms with Gasteiger partial charge in [0.1, 0.15) is 23.5 Å². The lowest BCUT2D eigenvalue weighted by atomic mass is 9.97. The zero-order valence-electron chi connectivity index (χ0n) is 20.0. The lowest BCUT2D eigenvalue weighted by Crippen LogP contribution is -2.30. The highest BCUT2D eigenvalue weighted by molar-refractivity contribution is 6.03. The number of carbonyl (C=O) groups excluding carboxylic acids is 3. The van der Waals surface area contributed by atoms with Crippen molar-refractivity contribution in [2.24, 2.45) is 0 Å². The SMILES string of the molecule is COCOc1ccc(C(=O)OC)c2c1C(=O)O[C@@H](C)C/C=C\C(=O)[C@H]1OC(C)(C)O[C@H]1C/C=C/2. The number of esters is 2. The number of cyclic esters (lactones) is 1. The second kappa shape index (κ2) is 10.9. The van der Waals surface area contributed by atoms with Crippen LogP contribution in [0.3, 0.4) is 0 Å². The molecule has 0 spiro atoms. The maximum absolute atomic E-state index is 13.2. The first kappa shape index (κ1) is 25.6. The minimum absolute atomic E-state index is 0.0700. The van der Waals surface area contributed by atoms with Gasteiger partial charge in [-0.3, -0.25) is 4.79 Å². The Balaban J connectivity index is 2.11. The third-order valence-corrected chi connectivity index (χ3v) is 5.32. The molecule has 184 valence electrons. The normalized spacial score (nSPS) is 26.4. The first-order valence-corrected chi connectivity index (χ1v) is 11.0. The third-order valence-electron chi connectivity index (χ3n) is 5.32. The molecule has 0 unspecified atom stereocenters. The van der Waals surface area contributed by atoms with Crippen molar-refractivity contribution in [2.45, 2.75) is 57.7 Å². The van der Waals surface area contributed by atoms with Crippen molar-refractivity contribution in [1.29, 1.82) is 0 Å². The number of benzene rings is 1. The Morgan fingerprint density at radius 2 is 1.82 bits per heavy atom. The summed E-state index contributed by atoms with van der Waals surface area (Å²) in [7, 11) is 2.71. The van der Waals surface area contributed by atoms with Gasteiger partial charge in [-0.2, -0.15) is 0 Å². The van der Waals surface area contributed by atoms with Crippen LogP contribution < -0.4 is 4.74 Å². The predicted molar refractivity (Wildman–Crippen MR) is 121 cm³/mol. The van der Waals surface area contributed by atoms with Gasteiger partial charge in [0, 0.05) is 19.1 Å². The lowest BCUT2D eigenvalue weighted by molar-refractivity contribution is -0.152. The van der Waals surface area contributed by atoms with Gasteiger partial charge in [-0.15, -0.1) is 0 Å². The summed E-state index contributed by atoms with van der Waals surface area (Å²) in [5, 5.41) is 0. The van der Waals surface area contributed by atoms with E-state index in [2.05, 4.69) is 0 Å². The van der Waals surface area contributed by atoms with Crippen LogP contribution in [0.4, 0.5) is 0 Å². The maximum Gasteiger partial charge on any atom is 0.342 e. The van der Waals surface area contributed by atoms with Crippen LogP contribution in [-0.4, -0.2) is 62.8 Å². The predicted octanol–water partition coefficient (Wildman–Crippen LogP) is 3.45. The molecular formula is C25H30O9. The van der Waals surface area contributed by atoms with E-state index in [1.807, 2.05) is 0 Å². The molecule has 0 N–H and O–H groups in total. The fourth-order valence-corrected chi connectivity index (χ4v) is 3.84. The van der Waals surface area contributed by atoms with E-state index in [9.17, 15) is 14.4 Å². The zero-order valence-corrected chi connectivity index (χ0v) is 20.0. The molecule has 0 aromatic heterocycles. The molecule has 0 radical (unpaired) electrons. The third kappa shape index (κ3) is 5.91. The highest BCUT2D eigenvalue weighted by Gasteiger charge is 2.43. The van der Waals surface area contributed by atoms with Gasteiger partial charge in [0.2, 0.25) is 0 Å². The van der Waals surface area contributed by atoms with Crippen LogP contribution in [-0.2, 0) is 28.5 Å². The quantitative estimate of drug-likeness (QED) is 0.479. The molecule has 1 aromatic carbocycles. The van der Waals surface area contributed by atoms with Crippen LogP contribution >= 0.6 is 0 Å². The number of methoxy groups -OCH3 is 2. The zero-order chi connectivity index (χ0) is 24.9. The molecule has 3 rings (SSSR count). The largest absolute Gasteiger partial charge is 0.467 e. The summed E-state index contributed by atoms with van der Waals surface area (Å²) in [5.74, 6) is -2.27. The number of fused-ring (bicyclic) bond motifs is 2. The molecule has 2 heterocycles. The first-order chi connectivity index (χ1) is 16.2. The Kier molecular flexibility index (Phi) is 8.24. The number of ether oxygens (including phenoxy) is 6. The second-order valence-corrected chi connectivity index (χ2v) is 8.43. The monoisotopic (exact) mass is 474 g/mol. The summed E-state index contributed by atoms with van der Waals surface area (Å²) in [4.78, 5) is 38.4. The van der Waals surface area contributed by atoms with E-state index in [1.54, 1.807) is 39.0 Å². The molecule has 1 saturated heterocycles. The molecule has 0 saturated carbocycles. The number of hydrogen-bond donors (Lipinski definition) is 0. The van der Waals surface area contributed by atoms with E-state index in [0.717, 1.165) is 0 Å². The average Bonchev–Trinajstić information content (AvgIpc) is 3.10. The van der Waals surface area contributed by atoms with Gasteiger partial charge in [0.05, 0.1) is 18.8 Å². The van der Waals surface area contributed by atoms with Crippen LogP contribution in [0.15, 0.2) is 30.4 Å². The summed E-state index contributed by atoms with van der Waals surface area (Å²) >= 11 is 0. The van der Waals surface area contributed by atoms with Crippen LogP contribution in [0.1, 0.15) is 59.9 Å². The first-order valence-electron chi connectivity index (χ1n) is 11.0. The number of ketones is 1. The molecule has 3 atom stereocenters. The average molecular weight is 475 g/mol. The van der Waals surface area contributed by atoms with Gasteiger partial charge in [0.25, 0.3) is 0 Å². The number of rotatable bonds is 4. The summed E-state index contributed by atoms with van der Waals surface area (Å²) in [6, 6.07) is 3.01. The minimum Gasteiger partial charge on any atom is -0.467 e. The summed E-state index contributed by atoms with van der Waals surface area (Å²) in [5.41, 5.74) is 0.499. The molecular weight excluding hydrogens is 444 g/mol. The van der Waals surface area contributed by atoms with Crippen LogP contribution in [0, 0.1) is 0 Å². The van der Waals surface area contributed by atoms with Gasteiger partial charge in [-0.05, 0) is 45.4 Å². The molecule has 9 heteroatoms. The van der Waals surface area contributed by atoms with E-state index < -0.39 is 36.0 Å². The topological polar surface area (TPSA) is 107 Å². The number of carbonyl (C=O) groups is 3. The van der Waals surface area contributed by atoms with Crippen molar-refractivity contribution < 1.29 is 42.8 Å². The molecule has 0 amide bonds. The molecule has 1 fully saturated rings. The van der Waals surface area contributed by atoms with E-state index in [0.29, 0.717) is 12.8 Å². The van der Waals surface area contributed by atoms with Gasteiger partial charge < -0.3 is 28.4 Å². The van der Waals surface area contributed by atoms with E-state index >= 15 is 0 Å². The van der Waals surface area contributed by atoms with Crippen molar-refractivity contribution in [3.8, 4) is 5.75 Å². The smallest absolute Gasteiger partial charge is 0.342 e. The van der Waals surface area contributed by atoms with Crippen LogP contribution in [0.2, 0.25) is 0 Å². The molecule has 1 aromatic rings. The highest BCUT2D eigenvalue weighted by atomic mass is 16.8. The van der Waals surface area contributed by atoms with Crippen molar-refractivity contribution in [2.75, 3.05) is 21.0 Å². The summed E-state index contributed by atoms with van der Waals surface area (Å²) < 4.78 is 32.9. The van der Waals surface area contributed by atoms with Crippen molar-refractivity contribution in [3.05, 3.63) is 47.1 Å². The van der Waals surface area contributed by atoms with Crippen molar-refractivity contribution in [3.63, 3.8) is 0 Å². The number of hydrogen-bond acceptors (Lipinski definition) is 9. The van der Waals surface area contributed by atoms with E-state index in [-0.39, 0.29) is 35.0 Å². The molecule has 2 aliphatic rings. The summed E-state index contributed by atoms with van der Waals surface area (Å²) in [6.45, 7) is 5.08. The Bertz CT molecular complexity index is 992.